The maximum absolute atomic E-state index is 12.5. The van der Waals surface area contributed by atoms with E-state index in [9.17, 15) is 4.79 Å². The molecule has 0 aliphatic carbocycles. The second kappa shape index (κ2) is 8.08. The first-order valence-corrected chi connectivity index (χ1v) is 7.41. The van der Waals surface area contributed by atoms with Gasteiger partial charge in [-0.3, -0.25) is 4.79 Å². The number of para-hydroxylation sites is 1. The van der Waals surface area contributed by atoms with Crippen LogP contribution in [0.3, 0.4) is 0 Å². The molecule has 0 aromatic heterocycles. The van der Waals surface area contributed by atoms with E-state index in [4.69, 9.17) is 14.2 Å². The molecule has 0 atom stereocenters. The lowest BCUT2D eigenvalue weighted by atomic mass is 10.1. The first-order valence-electron chi connectivity index (χ1n) is 7.41. The van der Waals surface area contributed by atoms with Crippen molar-refractivity contribution in [3.63, 3.8) is 0 Å². The Morgan fingerprint density at radius 3 is 2.17 bits per heavy atom. The summed E-state index contributed by atoms with van der Waals surface area (Å²) in [6.45, 7) is 2.86. The molecule has 0 saturated heterocycles. The van der Waals surface area contributed by atoms with E-state index < -0.39 is 0 Å². The molecule has 2 rings (SSSR count). The van der Waals surface area contributed by atoms with Crippen LogP contribution in [-0.2, 0) is 6.54 Å². The molecule has 122 valence electrons. The van der Waals surface area contributed by atoms with Crippen molar-refractivity contribution in [1.82, 2.24) is 5.32 Å². The number of ether oxygens (including phenoxy) is 3. The summed E-state index contributed by atoms with van der Waals surface area (Å²) in [5, 5.41) is 2.88. The zero-order valence-electron chi connectivity index (χ0n) is 13.6. The van der Waals surface area contributed by atoms with Crippen LogP contribution in [0.2, 0.25) is 0 Å². The number of carbonyl (C=O) groups excluding carboxylic acids is 1. The molecule has 0 fully saturated rings. The van der Waals surface area contributed by atoms with Crippen molar-refractivity contribution in [2.24, 2.45) is 0 Å². The Morgan fingerprint density at radius 1 is 0.957 bits per heavy atom. The Hall–Kier alpha value is -2.69. The third-order valence-electron chi connectivity index (χ3n) is 3.37. The largest absolute Gasteiger partial charge is 0.496 e. The zero-order chi connectivity index (χ0) is 16.7. The van der Waals surface area contributed by atoms with Gasteiger partial charge in [-0.25, -0.2) is 0 Å². The van der Waals surface area contributed by atoms with E-state index in [1.54, 1.807) is 18.2 Å². The number of carbonyl (C=O) groups is 1. The van der Waals surface area contributed by atoms with Crippen molar-refractivity contribution in [3.8, 4) is 17.2 Å². The van der Waals surface area contributed by atoms with Crippen molar-refractivity contribution >= 4 is 5.91 Å². The quantitative estimate of drug-likeness (QED) is 0.853. The maximum atomic E-state index is 12.5. The minimum absolute atomic E-state index is 0.259. The summed E-state index contributed by atoms with van der Waals surface area (Å²) in [5.41, 5.74) is 1.29. The molecule has 1 N–H and O–H groups in total. The Kier molecular flexibility index (Phi) is 5.86. The molecule has 2 aromatic carbocycles. The topological polar surface area (TPSA) is 56.8 Å². The highest BCUT2D eigenvalue weighted by Crippen LogP contribution is 2.28. The van der Waals surface area contributed by atoms with Gasteiger partial charge in [0.2, 0.25) is 0 Å². The SMILES string of the molecule is CCOc1ccccc1CNC(=O)c1c(OC)cccc1OC. The number of amides is 1. The van der Waals surface area contributed by atoms with Gasteiger partial charge in [-0.15, -0.1) is 0 Å². The molecular formula is C18H21NO4. The molecule has 0 aliphatic rings. The third-order valence-corrected chi connectivity index (χ3v) is 3.37. The van der Waals surface area contributed by atoms with Gasteiger partial charge < -0.3 is 19.5 Å². The van der Waals surface area contributed by atoms with E-state index >= 15 is 0 Å². The fourth-order valence-corrected chi connectivity index (χ4v) is 2.29. The molecule has 0 radical (unpaired) electrons. The number of rotatable bonds is 7. The number of hydrogen-bond acceptors (Lipinski definition) is 4. The zero-order valence-corrected chi connectivity index (χ0v) is 13.6. The van der Waals surface area contributed by atoms with Crippen molar-refractivity contribution in [2.45, 2.75) is 13.5 Å². The minimum atomic E-state index is -0.259. The monoisotopic (exact) mass is 315 g/mol. The van der Waals surface area contributed by atoms with Crippen molar-refractivity contribution in [3.05, 3.63) is 53.6 Å². The lowest BCUT2D eigenvalue weighted by Crippen LogP contribution is -2.24. The standard InChI is InChI=1S/C18H21NO4/c1-4-23-14-9-6-5-8-13(14)12-19-18(20)17-15(21-2)10-7-11-16(17)22-3/h5-11H,4,12H2,1-3H3,(H,19,20). The van der Waals surface area contributed by atoms with Gasteiger partial charge in [0.1, 0.15) is 22.8 Å². The van der Waals surface area contributed by atoms with E-state index in [1.807, 2.05) is 31.2 Å². The smallest absolute Gasteiger partial charge is 0.259 e. The van der Waals surface area contributed by atoms with E-state index in [1.165, 1.54) is 14.2 Å². The summed E-state index contributed by atoms with van der Waals surface area (Å²) in [6, 6.07) is 12.8. The first kappa shape index (κ1) is 16.7. The normalized spacial score (nSPS) is 10.0. The van der Waals surface area contributed by atoms with Gasteiger partial charge in [0.25, 0.3) is 5.91 Å². The van der Waals surface area contributed by atoms with Crippen molar-refractivity contribution in [1.29, 1.82) is 0 Å². The summed E-state index contributed by atoms with van der Waals surface area (Å²) in [6.07, 6.45) is 0. The van der Waals surface area contributed by atoms with Gasteiger partial charge in [0, 0.05) is 12.1 Å². The molecule has 2 aromatic rings. The highest BCUT2D eigenvalue weighted by atomic mass is 16.5. The summed E-state index contributed by atoms with van der Waals surface area (Å²) >= 11 is 0. The van der Waals surface area contributed by atoms with Crippen molar-refractivity contribution < 1.29 is 19.0 Å². The van der Waals surface area contributed by atoms with E-state index in [-0.39, 0.29) is 5.91 Å². The number of benzene rings is 2. The van der Waals surface area contributed by atoms with Crippen LogP contribution in [0.25, 0.3) is 0 Å². The fourth-order valence-electron chi connectivity index (χ4n) is 2.29. The van der Waals surface area contributed by atoms with Crippen molar-refractivity contribution in [2.75, 3.05) is 20.8 Å². The molecule has 5 heteroatoms. The maximum Gasteiger partial charge on any atom is 0.259 e. The molecule has 0 aliphatic heterocycles. The van der Waals surface area contributed by atoms with Crippen LogP contribution in [0.1, 0.15) is 22.8 Å². The molecule has 0 spiro atoms. The Bertz CT molecular complexity index is 648. The Labute approximate surface area is 136 Å². The van der Waals surface area contributed by atoms with Crippen LogP contribution >= 0.6 is 0 Å². The van der Waals surface area contributed by atoms with Crippen LogP contribution < -0.4 is 19.5 Å². The first-order chi connectivity index (χ1) is 11.2. The third kappa shape index (κ3) is 3.94. The minimum Gasteiger partial charge on any atom is -0.496 e. The second-order valence-corrected chi connectivity index (χ2v) is 4.76. The van der Waals surface area contributed by atoms with E-state index in [2.05, 4.69) is 5.32 Å². The molecule has 0 heterocycles. The average Bonchev–Trinajstić information content (AvgIpc) is 2.60. The van der Waals surface area contributed by atoms with Crippen LogP contribution in [0.4, 0.5) is 0 Å². The van der Waals surface area contributed by atoms with Crippen LogP contribution in [0.15, 0.2) is 42.5 Å². The summed E-state index contributed by atoms with van der Waals surface area (Å²) in [7, 11) is 3.05. The van der Waals surface area contributed by atoms with Crippen LogP contribution in [-0.4, -0.2) is 26.7 Å². The molecule has 0 unspecified atom stereocenters. The lowest BCUT2D eigenvalue weighted by molar-refractivity contribution is 0.0944. The highest BCUT2D eigenvalue weighted by Gasteiger charge is 2.18. The van der Waals surface area contributed by atoms with Gasteiger partial charge in [0.05, 0.1) is 20.8 Å². The molecule has 23 heavy (non-hydrogen) atoms. The molecule has 0 saturated carbocycles. The predicted molar refractivity (Wildman–Crippen MR) is 88.3 cm³/mol. The predicted octanol–water partition coefficient (Wildman–Crippen LogP) is 3.03. The van der Waals surface area contributed by atoms with E-state index in [0.717, 1.165) is 11.3 Å². The van der Waals surface area contributed by atoms with E-state index in [0.29, 0.717) is 30.2 Å². The Morgan fingerprint density at radius 2 is 1.57 bits per heavy atom. The van der Waals surface area contributed by atoms with Gasteiger partial charge in [-0.1, -0.05) is 24.3 Å². The lowest BCUT2D eigenvalue weighted by Gasteiger charge is -2.14. The van der Waals surface area contributed by atoms with Gasteiger partial charge in [-0.2, -0.15) is 0 Å². The summed E-state index contributed by atoms with van der Waals surface area (Å²) in [5.74, 6) is 1.45. The van der Waals surface area contributed by atoms with Crippen LogP contribution in [0.5, 0.6) is 17.2 Å². The summed E-state index contributed by atoms with van der Waals surface area (Å²) < 4.78 is 16.1. The van der Waals surface area contributed by atoms with Crippen LogP contribution in [0, 0.1) is 0 Å². The highest BCUT2D eigenvalue weighted by molar-refractivity contribution is 5.99. The van der Waals surface area contributed by atoms with Gasteiger partial charge in [0.15, 0.2) is 0 Å². The Balaban J connectivity index is 2.18. The number of nitrogens with one attached hydrogen (secondary N) is 1. The van der Waals surface area contributed by atoms with Gasteiger partial charge >= 0.3 is 0 Å². The molecular weight excluding hydrogens is 294 g/mol. The molecule has 0 bridgehead atoms. The number of hydrogen-bond donors (Lipinski definition) is 1. The second-order valence-electron chi connectivity index (χ2n) is 4.76. The average molecular weight is 315 g/mol. The van der Waals surface area contributed by atoms with Gasteiger partial charge in [-0.05, 0) is 25.1 Å². The summed E-state index contributed by atoms with van der Waals surface area (Å²) in [4.78, 5) is 12.5. The fraction of sp³-hybridized carbons (Fsp3) is 0.278. The molecule has 5 nitrogen and oxygen atoms in total. The number of methoxy groups -OCH3 is 2. The molecule has 1 amide bonds.